The van der Waals surface area contributed by atoms with Gasteiger partial charge >= 0.3 is 5.97 Å². The van der Waals surface area contributed by atoms with Gasteiger partial charge in [0.2, 0.25) is 0 Å². The van der Waals surface area contributed by atoms with Gasteiger partial charge < -0.3 is 15.4 Å². The quantitative estimate of drug-likeness (QED) is 0.608. The number of aryl methyl sites for hydroxylation is 1. The minimum atomic E-state index is -0.516. The topological polar surface area (TPSA) is 104 Å². The summed E-state index contributed by atoms with van der Waals surface area (Å²) in [5.74, 6) is -0.887. The summed E-state index contributed by atoms with van der Waals surface area (Å²) in [6.45, 7) is 1.68. The number of nitrogens with one attached hydrogen (secondary N) is 2. The smallest absolute Gasteiger partial charge is 0.325 e. The van der Waals surface area contributed by atoms with Crippen molar-refractivity contribution in [3.63, 3.8) is 0 Å². The van der Waals surface area contributed by atoms with E-state index in [1.54, 1.807) is 30.5 Å². The molecule has 8 heteroatoms. The number of allylic oxidation sites excluding steroid dienone is 1. The van der Waals surface area contributed by atoms with Gasteiger partial charge in [-0.05, 0) is 31.2 Å². The van der Waals surface area contributed by atoms with Gasteiger partial charge in [0.05, 0.1) is 7.11 Å². The number of benzene rings is 1. The number of nitriles is 1. The summed E-state index contributed by atoms with van der Waals surface area (Å²) in [4.78, 5) is 27.2. The van der Waals surface area contributed by atoms with Crippen LogP contribution in [-0.4, -0.2) is 30.5 Å². The van der Waals surface area contributed by atoms with E-state index in [1.165, 1.54) is 18.4 Å². The van der Waals surface area contributed by atoms with Crippen LogP contribution < -0.4 is 10.6 Å². The molecule has 128 valence electrons. The van der Waals surface area contributed by atoms with Crippen molar-refractivity contribution in [3.05, 3.63) is 52.1 Å². The first kappa shape index (κ1) is 18.2. The molecule has 2 aromatic rings. The lowest BCUT2D eigenvalue weighted by molar-refractivity contribution is -0.139. The number of aromatic nitrogens is 1. The van der Waals surface area contributed by atoms with E-state index in [0.717, 1.165) is 5.69 Å². The van der Waals surface area contributed by atoms with Gasteiger partial charge in [-0.3, -0.25) is 9.59 Å². The van der Waals surface area contributed by atoms with Crippen LogP contribution in [0, 0.1) is 18.3 Å². The van der Waals surface area contributed by atoms with E-state index in [1.807, 2.05) is 12.3 Å². The van der Waals surface area contributed by atoms with Crippen LogP contribution in [0.15, 0.2) is 35.8 Å². The standard InChI is InChI=1S/C17H16N4O3S/c1-11-10-25-17(21-11)13(7-18)8-19-14-5-3-12(4-6-14)16(23)20-9-15(22)24-2/h3-6,8,10,19H,9H2,1-2H3,(H,20,23)/b13-8+. The molecule has 1 amide bonds. The molecule has 0 fully saturated rings. The van der Waals surface area contributed by atoms with Crippen LogP contribution in [-0.2, 0) is 9.53 Å². The van der Waals surface area contributed by atoms with Crippen molar-refractivity contribution in [2.75, 3.05) is 19.0 Å². The number of carbonyl (C=O) groups excluding carboxylic acids is 2. The summed E-state index contributed by atoms with van der Waals surface area (Å²) in [6, 6.07) is 8.73. The van der Waals surface area contributed by atoms with Crippen LogP contribution in [0.4, 0.5) is 5.69 Å². The number of esters is 1. The molecule has 0 radical (unpaired) electrons. The highest BCUT2D eigenvalue weighted by Gasteiger charge is 2.08. The highest BCUT2D eigenvalue weighted by Crippen LogP contribution is 2.19. The van der Waals surface area contributed by atoms with Crippen LogP contribution in [0.3, 0.4) is 0 Å². The molecule has 0 spiro atoms. The first-order chi connectivity index (χ1) is 12.0. The Balaban J connectivity index is 2.00. The van der Waals surface area contributed by atoms with Crippen molar-refractivity contribution >= 4 is 34.5 Å². The van der Waals surface area contributed by atoms with Crippen LogP contribution >= 0.6 is 11.3 Å². The Hall–Kier alpha value is -3.18. The molecule has 0 atom stereocenters. The van der Waals surface area contributed by atoms with Crippen LogP contribution in [0.1, 0.15) is 21.1 Å². The summed E-state index contributed by atoms with van der Waals surface area (Å²) in [5, 5.41) is 17.2. The molecule has 2 N–H and O–H groups in total. The Kier molecular flexibility index (Phi) is 6.26. The highest BCUT2D eigenvalue weighted by molar-refractivity contribution is 7.10. The zero-order chi connectivity index (χ0) is 18.2. The summed E-state index contributed by atoms with van der Waals surface area (Å²) >= 11 is 1.40. The summed E-state index contributed by atoms with van der Waals surface area (Å²) in [5.41, 5.74) is 2.42. The maximum absolute atomic E-state index is 11.9. The lowest BCUT2D eigenvalue weighted by Crippen LogP contribution is -2.30. The zero-order valence-corrected chi connectivity index (χ0v) is 14.5. The van der Waals surface area contributed by atoms with E-state index in [2.05, 4.69) is 26.4 Å². The lowest BCUT2D eigenvalue weighted by Gasteiger charge is -2.05. The van der Waals surface area contributed by atoms with E-state index >= 15 is 0 Å². The number of nitrogens with zero attached hydrogens (tertiary/aromatic N) is 2. The fraction of sp³-hybridized carbons (Fsp3) is 0.176. The van der Waals surface area contributed by atoms with Gasteiger partial charge in [0.1, 0.15) is 23.2 Å². The summed E-state index contributed by atoms with van der Waals surface area (Å²) < 4.78 is 4.46. The Labute approximate surface area is 149 Å². The van der Waals surface area contributed by atoms with E-state index in [-0.39, 0.29) is 12.5 Å². The Morgan fingerprint density at radius 2 is 2.08 bits per heavy atom. The molecule has 0 saturated heterocycles. The van der Waals surface area contributed by atoms with Crippen molar-refractivity contribution in [1.82, 2.24) is 10.3 Å². The third-order valence-electron chi connectivity index (χ3n) is 3.12. The van der Waals surface area contributed by atoms with Crippen molar-refractivity contribution in [3.8, 4) is 6.07 Å². The van der Waals surface area contributed by atoms with Crippen molar-refractivity contribution in [2.45, 2.75) is 6.92 Å². The van der Waals surface area contributed by atoms with E-state index in [0.29, 0.717) is 21.8 Å². The maximum atomic E-state index is 11.9. The van der Waals surface area contributed by atoms with Gasteiger partial charge in [0, 0.05) is 28.5 Å². The second-order valence-corrected chi connectivity index (χ2v) is 5.80. The summed E-state index contributed by atoms with van der Waals surface area (Å²) in [6.07, 6.45) is 1.57. The van der Waals surface area contributed by atoms with Gasteiger partial charge in [-0.1, -0.05) is 0 Å². The molecule has 1 heterocycles. The molecule has 25 heavy (non-hydrogen) atoms. The molecular weight excluding hydrogens is 340 g/mol. The molecule has 0 aliphatic rings. The number of anilines is 1. The molecule has 0 aliphatic heterocycles. The van der Waals surface area contributed by atoms with Gasteiger partial charge in [0.25, 0.3) is 5.91 Å². The Bertz CT molecular complexity index is 834. The first-order valence-corrected chi connectivity index (χ1v) is 8.16. The largest absolute Gasteiger partial charge is 0.468 e. The van der Waals surface area contributed by atoms with Crippen molar-refractivity contribution in [2.24, 2.45) is 0 Å². The monoisotopic (exact) mass is 356 g/mol. The number of thiazole rings is 1. The first-order valence-electron chi connectivity index (χ1n) is 7.28. The number of methoxy groups -OCH3 is 1. The molecular formula is C17H16N4O3S. The number of ether oxygens (including phenoxy) is 1. The van der Waals surface area contributed by atoms with Gasteiger partial charge in [0.15, 0.2) is 0 Å². The predicted molar refractivity (Wildman–Crippen MR) is 94.9 cm³/mol. The number of carbonyl (C=O) groups is 2. The molecule has 0 aliphatic carbocycles. The minimum Gasteiger partial charge on any atom is -0.468 e. The molecule has 0 unspecified atom stereocenters. The van der Waals surface area contributed by atoms with Crippen LogP contribution in [0.25, 0.3) is 5.57 Å². The number of hydrogen-bond acceptors (Lipinski definition) is 7. The zero-order valence-electron chi connectivity index (χ0n) is 13.7. The minimum absolute atomic E-state index is 0.184. The second-order valence-electron chi connectivity index (χ2n) is 4.94. The molecule has 1 aromatic carbocycles. The predicted octanol–water partition coefficient (Wildman–Crippen LogP) is 2.33. The fourth-order valence-corrected chi connectivity index (χ4v) is 2.58. The van der Waals surface area contributed by atoms with E-state index < -0.39 is 5.97 Å². The average molecular weight is 356 g/mol. The number of hydrogen-bond donors (Lipinski definition) is 2. The lowest BCUT2D eigenvalue weighted by atomic mass is 10.2. The third-order valence-corrected chi connectivity index (χ3v) is 4.11. The molecule has 0 bridgehead atoms. The highest BCUT2D eigenvalue weighted by atomic mass is 32.1. The van der Waals surface area contributed by atoms with Gasteiger partial charge in [-0.15, -0.1) is 11.3 Å². The number of rotatable bonds is 6. The van der Waals surface area contributed by atoms with Crippen molar-refractivity contribution < 1.29 is 14.3 Å². The number of amides is 1. The normalized spacial score (nSPS) is 10.7. The van der Waals surface area contributed by atoms with Crippen LogP contribution in [0.5, 0.6) is 0 Å². The van der Waals surface area contributed by atoms with E-state index in [4.69, 9.17) is 0 Å². The molecule has 2 rings (SSSR count). The Morgan fingerprint density at radius 3 is 2.64 bits per heavy atom. The fourth-order valence-electron chi connectivity index (χ4n) is 1.82. The van der Waals surface area contributed by atoms with Crippen molar-refractivity contribution in [1.29, 1.82) is 5.26 Å². The van der Waals surface area contributed by atoms with Gasteiger partial charge in [-0.2, -0.15) is 5.26 Å². The summed E-state index contributed by atoms with van der Waals surface area (Å²) in [7, 11) is 1.25. The van der Waals surface area contributed by atoms with Crippen LogP contribution in [0.2, 0.25) is 0 Å². The van der Waals surface area contributed by atoms with Gasteiger partial charge in [-0.25, -0.2) is 4.98 Å². The SMILES string of the molecule is COC(=O)CNC(=O)c1ccc(N/C=C(\C#N)c2nc(C)cs2)cc1. The second kappa shape index (κ2) is 8.61. The average Bonchev–Trinajstić information content (AvgIpc) is 3.06. The maximum Gasteiger partial charge on any atom is 0.325 e. The third kappa shape index (κ3) is 5.16. The molecule has 7 nitrogen and oxygen atoms in total. The molecule has 1 aromatic heterocycles. The molecule has 0 saturated carbocycles. The van der Waals surface area contributed by atoms with E-state index in [9.17, 15) is 14.9 Å². The Morgan fingerprint density at radius 1 is 1.36 bits per heavy atom.